The molecule has 0 bridgehead atoms. The fraction of sp³-hybridized carbons (Fsp3) is 0.455. The third kappa shape index (κ3) is 3.60. The van der Waals surface area contributed by atoms with E-state index in [-0.39, 0.29) is 21.4 Å². The highest BCUT2D eigenvalue weighted by Crippen LogP contribution is 2.21. The van der Waals surface area contributed by atoms with E-state index in [1.54, 1.807) is 11.8 Å². The molecule has 1 aromatic carbocycles. The number of nitrogens with two attached hydrogens (primary N) is 1. The van der Waals surface area contributed by atoms with Crippen molar-refractivity contribution < 1.29 is 12.8 Å². The van der Waals surface area contributed by atoms with Crippen LogP contribution in [0.25, 0.3) is 0 Å². The van der Waals surface area contributed by atoms with E-state index in [1.807, 2.05) is 13.2 Å². The van der Waals surface area contributed by atoms with Crippen molar-refractivity contribution in [1.29, 1.82) is 0 Å². The summed E-state index contributed by atoms with van der Waals surface area (Å²) in [4.78, 5) is -0.142. The van der Waals surface area contributed by atoms with Gasteiger partial charge in [-0.15, -0.1) is 0 Å². The molecule has 3 N–H and O–H groups in total. The Kier molecular flexibility index (Phi) is 5.01. The summed E-state index contributed by atoms with van der Waals surface area (Å²) in [6.45, 7) is 3.69. The fourth-order valence-electron chi connectivity index (χ4n) is 1.22. The van der Waals surface area contributed by atoms with Crippen LogP contribution in [0.3, 0.4) is 0 Å². The molecule has 102 valence electrons. The van der Waals surface area contributed by atoms with Crippen LogP contribution in [-0.2, 0) is 10.0 Å². The van der Waals surface area contributed by atoms with Crippen molar-refractivity contribution in [2.24, 2.45) is 0 Å². The number of benzene rings is 1. The molecule has 0 aromatic heterocycles. The van der Waals surface area contributed by atoms with Crippen LogP contribution >= 0.6 is 11.8 Å². The Morgan fingerprint density at radius 2 is 2.11 bits per heavy atom. The summed E-state index contributed by atoms with van der Waals surface area (Å²) in [6, 6.07) is 2.25. The molecule has 0 heterocycles. The Labute approximate surface area is 111 Å². The van der Waals surface area contributed by atoms with Gasteiger partial charge in [-0.25, -0.2) is 17.5 Å². The molecular weight excluding hydrogens is 275 g/mol. The van der Waals surface area contributed by atoms with Crippen molar-refractivity contribution in [3.63, 3.8) is 0 Å². The minimum Gasteiger partial charge on any atom is -0.398 e. The van der Waals surface area contributed by atoms with E-state index in [0.717, 1.165) is 6.07 Å². The molecule has 1 unspecified atom stereocenters. The van der Waals surface area contributed by atoms with Gasteiger partial charge in [-0.1, -0.05) is 6.92 Å². The lowest BCUT2D eigenvalue weighted by atomic mass is 10.2. The first-order valence-electron chi connectivity index (χ1n) is 5.36. The third-order valence-corrected chi connectivity index (χ3v) is 5.01. The van der Waals surface area contributed by atoms with Gasteiger partial charge in [0.25, 0.3) is 0 Å². The molecule has 1 aromatic rings. The zero-order valence-corrected chi connectivity index (χ0v) is 12.2. The number of hydrogen-bond donors (Lipinski definition) is 2. The predicted octanol–water partition coefficient (Wildman–Crippen LogP) is 1.75. The van der Waals surface area contributed by atoms with Crippen molar-refractivity contribution in [3.05, 3.63) is 23.5 Å². The summed E-state index contributed by atoms with van der Waals surface area (Å²) in [6.07, 6.45) is 1.89. The van der Waals surface area contributed by atoms with Crippen molar-refractivity contribution >= 4 is 27.5 Å². The lowest BCUT2D eigenvalue weighted by Crippen LogP contribution is -2.29. The van der Waals surface area contributed by atoms with E-state index in [4.69, 9.17) is 5.73 Å². The molecular formula is C11H17FN2O2S2. The van der Waals surface area contributed by atoms with Crippen LogP contribution in [0.1, 0.15) is 12.5 Å². The first-order valence-corrected chi connectivity index (χ1v) is 8.13. The zero-order chi connectivity index (χ0) is 13.9. The number of halogens is 1. The van der Waals surface area contributed by atoms with Gasteiger partial charge in [0.05, 0.1) is 4.90 Å². The number of sulfonamides is 1. The molecule has 0 saturated heterocycles. The topological polar surface area (TPSA) is 72.2 Å². The van der Waals surface area contributed by atoms with E-state index >= 15 is 0 Å². The average Bonchev–Trinajstić information content (AvgIpc) is 2.32. The molecule has 0 aliphatic rings. The molecule has 0 radical (unpaired) electrons. The number of nitrogens with one attached hydrogen (secondary N) is 1. The largest absolute Gasteiger partial charge is 0.398 e. The van der Waals surface area contributed by atoms with Gasteiger partial charge in [0.1, 0.15) is 5.82 Å². The van der Waals surface area contributed by atoms with Gasteiger partial charge in [0, 0.05) is 23.0 Å². The number of thioether (sulfide) groups is 1. The van der Waals surface area contributed by atoms with Crippen molar-refractivity contribution in [3.8, 4) is 0 Å². The fourth-order valence-corrected chi connectivity index (χ4v) is 2.76. The molecule has 0 amide bonds. The van der Waals surface area contributed by atoms with Gasteiger partial charge in [0.2, 0.25) is 10.0 Å². The summed E-state index contributed by atoms with van der Waals surface area (Å²) >= 11 is 1.54. The Hall–Kier alpha value is -0.790. The summed E-state index contributed by atoms with van der Waals surface area (Å²) < 4.78 is 39.7. The highest BCUT2D eigenvalue weighted by molar-refractivity contribution is 7.99. The second-order valence-electron chi connectivity index (χ2n) is 4.02. The van der Waals surface area contributed by atoms with E-state index in [1.165, 1.54) is 13.0 Å². The summed E-state index contributed by atoms with van der Waals surface area (Å²) in [7, 11) is -3.71. The molecule has 1 rings (SSSR count). The van der Waals surface area contributed by atoms with E-state index < -0.39 is 15.8 Å². The van der Waals surface area contributed by atoms with E-state index in [9.17, 15) is 12.8 Å². The lowest BCUT2D eigenvalue weighted by molar-refractivity contribution is 0.576. The zero-order valence-electron chi connectivity index (χ0n) is 10.5. The van der Waals surface area contributed by atoms with Crippen LogP contribution in [0, 0.1) is 12.7 Å². The quantitative estimate of drug-likeness (QED) is 0.811. The Balaban J connectivity index is 2.99. The maximum atomic E-state index is 13.5. The standard InChI is InChI=1S/C11H17FN2O2S2/c1-7(17-3)6-14-18(15,16)9-4-10(12)8(2)11(13)5-9/h4-5,7,14H,6,13H2,1-3H3. The minimum absolute atomic E-state index is 0.133. The number of rotatable bonds is 5. The number of nitrogen functional groups attached to an aromatic ring is 1. The third-order valence-electron chi connectivity index (χ3n) is 2.63. The van der Waals surface area contributed by atoms with Crippen LogP contribution in [0.5, 0.6) is 0 Å². The predicted molar refractivity (Wildman–Crippen MR) is 73.7 cm³/mol. The number of hydrogen-bond acceptors (Lipinski definition) is 4. The van der Waals surface area contributed by atoms with Crippen molar-refractivity contribution in [1.82, 2.24) is 4.72 Å². The molecule has 0 saturated carbocycles. The molecule has 4 nitrogen and oxygen atoms in total. The maximum Gasteiger partial charge on any atom is 0.240 e. The van der Waals surface area contributed by atoms with Crippen molar-refractivity contribution in [2.45, 2.75) is 24.0 Å². The first kappa shape index (κ1) is 15.3. The Morgan fingerprint density at radius 1 is 1.50 bits per heavy atom. The van der Waals surface area contributed by atoms with Crippen LogP contribution in [-0.4, -0.2) is 26.5 Å². The van der Waals surface area contributed by atoms with Gasteiger partial charge in [-0.05, 0) is 25.3 Å². The van der Waals surface area contributed by atoms with E-state index in [2.05, 4.69) is 4.72 Å². The number of anilines is 1. The molecule has 0 aliphatic heterocycles. The van der Waals surface area contributed by atoms with Crippen LogP contribution in [0.2, 0.25) is 0 Å². The van der Waals surface area contributed by atoms with Gasteiger partial charge in [-0.2, -0.15) is 11.8 Å². The van der Waals surface area contributed by atoms with Crippen LogP contribution in [0.15, 0.2) is 17.0 Å². The van der Waals surface area contributed by atoms with Crippen LogP contribution in [0.4, 0.5) is 10.1 Å². The van der Waals surface area contributed by atoms with Gasteiger partial charge >= 0.3 is 0 Å². The molecule has 0 spiro atoms. The van der Waals surface area contributed by atoms with Gasteiger partial charge < -0.3 is 5.73 Å². The van der Waals surface area contributed by atoms with Crippen LogP contribution < -0.4 is 10.5 Å². The molecule has 7 heteroatoms. The highest BCUT2D eigenvalue weighted by Gasteiger charge is 2.17. The normalized spacial score (nSPS) is 13.6. The SMILES string of the molecule is CSC(C)CNS(=O)(=O)c1cc(N)c(C)c(F)c1. The smallest absolute Gasteiger partial charge is 0.240 e. The summed E-state index contributed by atoms with van der Waals surface area (Å²) in [5.41, 5.74) is 5.95. The summed E-state index contributed by atoms with van der Waals surface area (Å²) in [5, 5.41) is 0.146. The summed E-state index contributed by atoms with van der Waals surface area (Å²) in [5.74, 6) is -0.617. The lowest BCUT2D eigenvalue weighted by Gasteiger charge is -2.12. The Morgan fingerprint density at radius 3 is 2.61 bits per heavy atom. The second kappa shape index (κ2) is 5.90. The first-order chi connectivity index (χ1) is 8.27. The molecule has 1 atom stereocenters. The highest BCUT2D eigenvalue weighted by atomic mass is 32.2. The van der Waals surface area contributed by atoms with Gasteiger partial charge in [-0.3, -0.25) is 0 Å². The average molecular weight is 292 g/mol. The molecule has 0 fully saturated rings. The Bertz CT molecular complexity index is 509. The van der Waals surface area contributed by atoms with Crippen molar-refractivity contribution in [2.75, 3.05) is 18.5 Å². The second-order valence-corrected chi connectivity index (χ2v) is 7.06. The maximum absolute atomic E-state index is 13.5. The molecule has 0 aliphatic carbocycles. The van der Waals surface area contributed by atoms with E-state index in [0.29, 0.717) is 6.54 Å². The van der Waals surface area contributed by atoms with Gasteiger partial charge in [0.15, 0.2) is 0 Å². The minimum atomic E-state index is -3.71. The monoisotopic (exact) mass is 292 g/mol. The molecule has 18 heavy (non-hydrogen) atoms.